The fourth-order valence-electron chi connectivity index (χ4n) is 3.06. The highest BCUT2D eigenvalue weighted by Crippen LogP contribution is 2.28. The van der Waals surface area contributed by atoms with Gasteiger partial charge in [-0.15, -0.1) is 23.2 Å². The molecule has 4 atom stereocenters. The number of hydrogen-bond donors (Lipinski definition) is 2. The van der Waals surface area contributed by atoms with Crippen molar-refractivity contribution in [3.63, 3.8) is 0 Å². The molecule has 0 aromatic heterocycles. The summed E-state index contributed by atoms with van der Waals surface area (Å²) >= 11 is 18.0. The van der Waals surface area contributed by atoms with Gasteiger partial charge in [0.2, 0.25) is 0 Å². The quantitative estimate of drug-likeness (QED) is 0.368. The molecule has 4 nitrogen and oxygen atoms in total. The third-order valence-corrected chi connectivity index (χ3v) is 6.22. The van der Waals surface area contributed by atoms with Crippen LogP contribution in [0.4, 0.5) is 0 Å². The SMILES string of the molecule is CO[C@@H](c1ccc(Br)cc1C)[C@@H](O)CCl.CO[C@@H](c1ccc(Br)cc1C)[C@@H](O)CCl. The average Bonchev–Trinajstić information content (AvgIpc) is 2.72. The molecule has 0 saturated carbocycles. The number of halogens is 4. The first-order valence-electron chi connectivity index (χ1n) is 9.25. The third kappa shape index (κ3) is 8.06. The highest BCUT2D eigenvalue weighted by molar-refractivity contribution is 9.10. The summed E-state index contributed by atoms with van der Waals surface area (Å²) in [7, 11) is 3.14. The van der Waals surface area contributed by atoms with Gasteiger partial charge in [-0.2, -0.15) is 0 Å². The molecule has 0 spiro atoms. The third-order valence-electron chi connectivity index (χ3n) is 4.60. The van der Waals surface area contributed by atoms with Crippen LogP contribution in [0.3, 0.4) is 0 Å². The molecule has 2 aromatic rings. The van der Waals surface area contributed by atoms with Crippen molar-refractivity contribution in [1.82, 2.24) is 0 Å². The molecule has 0 fully saturated rings. The van der Waals surface area contributed by atoms with Gasteiger partial charge >= 0.3 is 0 Å². The Morgan fingerprint density at radius 3 is 1.33 bits per heavy atom. The van der Waals surface area contributed by atoms with Gasteiger partial charge in [0.25, 0.3) is 0 Å². The minimum absolute atomic E-state index is 0.161. The van der Waals surface area contributed by atoms with E-state index in [1.54, 1.807) is 14.2 Å². The van der Waals surface area contributed by atoms with E-state index < -0.39 is 12.2 Å². The number of hydrogen-bond acceptors (Lipinski definition) is 4. The molecule has 2 N–H and O–H groups in total. The minimum atomic E-state index is -0.684. The van der Waals surface area contributed by atoms with Crippen LogP contribution < -0.4 is 0 Å². The number of aliphatic hydroxyl groups excluding tert-OH is 2. The van der Waals surface area contributed by atoms with E-state index in [9.17, 15) is 10.2 Å². The van der Waals surface area contributed by atoms with E-state index in [4.69, 9.17) is 32.7 Å². The van der Waals surface area contributed by atoms with Crippen molar-refractivity contribution in [2.24, 2.45) is 0 Å². The summed E-state index contributed by atoms with van der Waals surface area (Å²) in [6.07, 6.45) is -2.10. The minimum Gasteiger partial charge on any atom is -0.389 e. The number of benzene rings is 2. The van der Waals surface area contributed by atoms with E-state index in [1.807, 2.05) is 50.2 Å². The molecule has 30 heavy (non-hydrogen) atoms. The summed E-state index contributed by atoms with van der Waals surface area (Å²) < 4.78 is 12.5. The maximum atomic E-state index is 9.70. The average molecular weight is 587 g/mol. The van der Waals surface area contributed by atoms with Crippen molar-refractivity contribution >= 4 is 55.1 Å². The van der Waals surface area contributed by atoms with E-state index in [0.717, 1.165) is 31.2 Å². The Bertz CT molecular complexity index is 726. The van der Waals surface area contributed by atoms with Crippen molar-refractivity contribution < 1.29 is 19.7 Å². The molecule has 2 rings (SSSR count). The Labute approximate surface area is 205 Å². The zero-order chi connectivity index (χ0) is 22.8. The maximum absolute atomic E-state index is 9.70. The van der Waals surface area contributed by atoms with Crippen molar-refractivity contribution in [2.75, 3.05) is 26.0 Å². The van der Waals surface area contributed by atoms with Gasteiger partial charge < -0.3 is 19.7 Å². The van der Waals surface area contributed by atoms with Crippen molar-refractivity contribution in [1.29, 1.82) is 0 Å². The smallest absolute Gasteiger partial charge is 0.109 e. The number of aliphatic hydroxyl groups is 2. The second-order valence-corrected chi connectivity index (χ2v) is 9.21. The standard InChI is InChI=1S/2C11H14BrClO2/c2*1-7-5-8(12)3-4-9(7)11(15-2)10(14)6-13/h2*3-5,10-11,14H,6H2,1-2H3/t2*10-,11-/m00/s1. The molecule has 0 bridgehead atoms. The van der Waals surface area contributed by atoms with E-state index in [0.29, 0.717) is 0 Å². The summed E-state index contributed by atoms with van der Waals surface area (Å²) in [6.45, 7) is 3.96. The summed E-state index contributed by atoms with van der Waals surface area (Å²) in [6, 6.07) is 11.7. The highest BCUT2D eigenvalue weighted by Gasteiger charge is 2.22. The van der Waals surface area contributed by atoms with Crippen LogP contribution in [0.5, 0.6) is 0 Å². The summed E-state index contributed by atoms with van der Waals surface area (Å²) in [5, 5.41) is 19.4. The molecular formula is C22H28Br2Cl2O4. The first-order chi connectivity index (χ1) is 14.2. The highest BCUT2D eigenvalue weighted by atomic mass is 79.9. The Morgan fingerprint density at radius 2 is 1.10 bits per heavy atom. The summed E-state index contributed by atoms with van der Waals surface area (Å²) in [5.41, 5.74) is 4.07. The number of rotatable bonds is 8. The van der Waals surface area contributed by atoms with Gasteiger partial charge in [-0.25, -0.2) is 0 Å². The normalized spacial score (nSPS) is 15.0. The van der Waals surface area contributed by atoms with Crippen molar-refractivity contribution in [3.8, 4) is 0 Å². The van der Waals surface area contributed by atoms with Gasteiger partial charge in [-0.1, -0.05) is 44.0 Å². The fraction of sp³-hybridized carbons (Fsp3) is 0.455. The van der Waals surface area contributed by atoms with Crippen LogP contribution in [0.1, 0.15) is 34.5 Å². The molecule has 0 aliphatic heterocycles. The van der Waals surface area contributed by atoms with Gasteiger partial charge in [0.15, 0.2) is 0 Å². The van der Waals surface area contributed by atoms with Gasteiger partial charge in [0.1, 0.15) is 12.2 Å². The molecule has 0 heterocycles. The Morgan fingerprint density at radius 1 is 0.767 bits per heavy atom. The topological polar surface area (TPSA) is 58.9 Å². The van der Waals surface area contributed by atoms with Crippen LogP contribution in [0.2, 0.25) is 0 Å². The molecule has 2 aromatic carbocycles. The van der Waals surface area contributed by atoms with Gasteiger partial charge in [-0.05, 0) is 60.4 Å². The lowest BCUT2D eigenvalue weighted by atomic mass is 10.0. The lowest BCUT2D eigenvalue weighted by Gasteiger charge is -2.22. The molecule has 0 radical (unpaired) electrons. The lowest BCUT2D eigenvalue weighted by Crippen LogP contribution is -2.22. The van der Waals surface area contributed by atoms with Gasteiger partial charge in [-0.3, -0.25) is 0 Å². The zero-order valence-corrected chi connectivity index (χ0v) is 22.1. The molecule has 8 heteroatoms. The molecular weight excluding hydrogens is 559 g/mol. The van der Waals surface area contributed by atoms with E-state index in [1.165, 1.54) is 0 Å². The number of methoxy groups -OCH3 is 2. The van der Waals surface area contributed by atoms with Crippen LogP contribution in [-0.2, 0) is 9.47 Å². The van der Waals surface area contributed by atoms with Crippen molar-refractivity contribution in [2.45, 2.75) is 38.3 Å². The monoisotopic (exact) mass is 584 g/mol. The van der Waals surface area contributed by atoms with Crippen LogP contribution in [-0.4, -0.2) is 48.4 Å². The number of alkyl halides is 2. The van der Waals surface area contributed by atoms with Crippen LogP contribution in [0.15, 0.2) is 45.3 Å². The second-order valence-electron chi connectivity index (χ2n) is 6.76. The first kappa shape index (κ1) is 27.9. The van der Waals surface area contributed by atoms with Crippen LogP contribution >= 0.6 is 55.1 Å². The largest absolute Gasteiger partial charge is 0.389 e. The van der Waals surface area contributed by atoms with Crippen molar-refractivity contribution in [3.05, 3.63) is 67.6 Å². The number of aryl methyl sites for hydroxylation is 2. The fourth-order valence-corrected chi connectivity index (χ4v) is 4.34. The molecule has 0 aliphatic rings. The second kappa shape index (κ2) is 14.1. The molecule has 0 saturated heterocycles. The Kier molecular flexibility index (Phi) is 13.1. The maximum Gasteiger partial charge on any atom is 0.109 e. The van der Waals surface area contributed by atoms with Crippen LogP contribution in [0.25, 0.3) is 0 Å². The zero-order valence-electron chi connectivity index (χ0n) is 17.4. The van der Waals surface area contributed by atoms with E-state index in [2.05, 4.69) is 31.9 Å². The predicted molar refractivity (Wildman–Crippen MR) is 131 cm³/mol. The van der Waals surface area contributed by atoms with Gasteiger partial charge in [0.05, 0.1) is 24.0 Å². The molecule has 0 unspecified atom stereocenters. The molecule has 0 amide bonds. The Hall–Kier alpha value is -0.180. The Balaban J connectivity index is 0.000000300. The summed E-state index contributed by atoms with van der Waals surface area (Å²) in [5.74, 6) is 0.321. The lowest BCUT2D eigenvalue weighted by molar-refractivity contribution is -0.00208. The van der Waals surface area contributed by atoms with Gasteiger partial charge in [0, 0.05) is 23.2 Å². The van der Waals surface area contributed by atoms with E-state index >= 15 is 0 Å². The first-order valence-corrected chi connectivity index (χ1v) is 11.9. The van der Waals surface area contributed by atoms with E-state index in [-0.39, 0.29) is 24.0 Å². The summed E-state index contributed by atoms with van der Waals surface area (Å²) in [4.78, 5) is 0. The number of ether oxygens (including phenoxy) is 2. The predicted octanol–water partition coefficient (Wildman–Crippen LogP) is 6.09. The molecule has 0 aliphatic carbocycles. The molecule has 168 valence electrons. The van der Waals surface area contributed by atoms with Crippen LogP contribution in [0, 0.1) is 13.8 Å².